The van der Waals surface area contributed by atoms with Crippen molar-refractivity contribution >= 4 is 15.9 Å². The number of aliphatic hydroxyl groups excluding tert-OH is 1. The highest BCUT2D eigenvalue weighted by Crippen LogP contribution is 2.47. The summed E-state index contributed by atoms with van der Waals surface area (Å²) in [5.74, 6) is 0. The molecule has 1 saturated carbocycles. The Morgan fingerprint density at radius 1 is 1.29 bits per heavy atom. The Bertz CT molecular complexity index is 194. The number of likely N-dealkylation sites (tertiary alicyclic amines) is 1. The molecule has 0 aromatic heterocycles. The van der Waals surface area contributed by atoms with Crippen LogP contribution in [0.15, 0.2) is 0 Å². The zero-order chi connectivity index (χ0) is 10.0. The van der Waals surface area contributed by atoms with E-state index in [0.717, 1.165) is 24.7 Å². The van der Waals surface area contributed by atoms with Crippen LogP contribution in [0.1, 0.15) is 32.1 Å². The molecule has 3 heteroatoms. The molecule has 14 heavy (non-hydrogen) atoms. The molecule has 2 nitrogen and oxygen atoms in total. The van der Waals surface area contributed by atoms with Gasteiger partial charge in [0, 0.05) is 18.4 Å². The molecule has 0 radical (unpaired) electrons. The minimum Gasteiger partial charge on any atom is -0.393 e. The Hall–Kier alpha value is 0.400. The van der Waals surface area contributed by atoms with E-state index in [1.54, 1.807) is 0 Å². The molecule has 1 unspecified atom stereocenters. The molecule has 1 saturated heterocycles. The lowest BCUT2D eigenvalue weighted by atomic mass is 10.1. The molecule has 1 atom stereocenters. The fraction of sp³-hybridized carbons (Fsp3) is 1.00. The first kappa shape index (κ1) is 10.9. The lowest BCUT2D eigenvalue weighted by molar-refractivity contribution is 0.153. The van der Waals surface area contributed by atoms with Gasteiger partial charge in [0.1, 0.15) is 0 Å². The van der Waals surface area contributed by atoms with Gasteiger partial charge in [-0.3, -0.25) is 0 Å². The third-order valence-corrected chi connectivity index (χ3v) is 4.78. The van der Waals surface area contributed by atoms with Gasteiger partial charge in [-0.2, -0.15) is 0 Å². The van der Waals surface area contributed by atoms with E-state index in [1.165, 1.54) is 32.4 Å². The van der Waals surface area contributed by atoms with E-state index in [1.807, 2.05) is 0 Å². The number of hydrogen-bond acceptors (Lipinski definition) is 2. The monoisotopic (exact) mass is 261 g/mol. The molecule has 2 aliphatic rings. The maximum Gasteiger partial charge on any atom is 0.0553 e. The van der Waals surface area contributed by atoms with Crippen LogP contribution in [0.4, 0.5) is 0 Å². The Morgan fingerprint density at radius 3 is 2.71 bits per heavy atom. The van der Waals surface area contributed by atoms with Gasteiger partial charge in [0.25, 0.3) is 0 Å². The zero-order valence-corrected chi connectivity index (χ0v) is 10.3. The van der Waals surface area contributed by atoms with Crippen molar-refractivity contribution in [1.82, 2.24) is 4.90 Å². The largest absolute Gasteiger partial charge is 0.393 e. The van der Waals surface area contributed by atoms with Gasteiger partial charge in [-0.1, -0.05) is 15.9 Å². The van der Waals surface area contributed by atoms with Crippen molar-refractivity contribution in [3.63, 3.8) is 0 Å². The third kappa shape index (κ3) is 2.71. The van der Waals surface area contributed by atoms with Crippen LogP contribution in [0.25, 0.3) is 0 Å². The topological polar surface area (TPSA) is 23.5 Å². The predicted molar refractivity (Wildman–Crippen MR) is 61.8 cm³/mol. The molecule has 82 valence electrons. The summed E-state index contributed by atoms with van der Waals surface area (Å²) >= 11 is 3.62. The molecular weight excluding hydrogens is 242 g/mol. The summed E-state index contributed by atoms with van der Waals surface area (Å²) < 4.78 is 0. The van der Waals surface area contributed by atoms with E-state index in [9.17, 15) is 5.11 Å². The number of aliphatic hydroxyl groups is 1. The van der Waals surface area contributed by atoms with Gasteiger partial charge < -0.3 is 10.0 Å². The highest BCUT2D eigenvalue weighted by atomic mass is 79.9. The molecule has 0 aromatic rings. The predicted octanol–water partition coefficient (Wildman–Crippen LogP) is 2.01. The number of alkyl halides is 1. The molecule has 1 aliphatic heterocycles. The number of hydrogen-bond donors (Lipinski definition) is 1. The normalized spacial score (nSPS) is 32.6. The quantitative estimate of drug-likeness (QED) is 0.786. The van der Waals surface area contributed by atoms with E-state index in [4.69, 9.17) is 0 Å². The first-order valence-electron chi connectivity index (χ1n) is 5.70. The highest BCUT2D eigenvalue weighted by molar-refractivity contribution is 9.09. The molecule has 1 aliphatic carbocycles. The number of nitrogens with zero attached hydrogens (tertiary/aromatic N) is 1. The van der Waals surface area contributed by atoms with E-state index >= 15 is 0 Å². The Labute approximate surface area is 94.8 Å². The van der Waals surface area contributed by atoms with Crippen LogP contribution in [-0.4, -0.2) is 41.1 Å². The SMILES string of the molecule is OC1CCCN(CC2(CBr)CC2)CC1. The van der Waals surface area contributed by atoms with Crippen molar-refractivity contribution in [3.05, 3.63) is 0 Å². The first-order chi connectivity index (χ1) is 6.74. The van der Waals surface area contributed by atoms with Crippen molar-refractivity contribution in [2.75, 3.05) is 25.0 Å². The summed E-state index contributed by atoms with van der Waals surface area (Å²) in [7, 11) is 0. The number of halogens is 1. The molecule has 0 spiro atoms. The van der Waals surface area contributed by atoms with E-state index in [0.29, 0.717) is 5.41 Å². The van der Waals surface area contributed by atoms with Gasteiger partial charge in [-0.15, -0.1) is 0 Å². The fourth-order valence-corrected chi connectivity index (χ4v) is 3.02. The van der Waals surface area contributed by atoms with Crippen LogP contribution >= 0.6 is 15.9 Å². The van der Waals surface area contributed by atoms with Crippen molar-refractivity contribution in [2.24, 2.45) is 5.41 Å². The summed E-state index contributed by atoms with van der Waals surface area (Å²) in [6.07, 6.45) is 5.86. The maximum absolute atomic E-state index is 9.54. The Balaban J connectivity index is 1.80. The standard InChI is InChI=1S/C11H20BrNO/c12-8-11(4-5-11)9-13-6-1-2-10(14)3-7-13/h10,14H,1-9H2. The van der Waals surface area contributed by atoms with Crippen LogP contribution in [0, 0.1) is 5.41 Å². The minimum atomic E-state index is -0.0425. The third-order valence-electron chi connectivity index (χ3n) is 3.59. The summed E-state index contributed by atoms with van der Waals surface area (Å²) in [6, 6.07) is 0. The molecule has 0 bridgehead atoms. The van der Waals surface area contributed by atoms with E-state index in [-0.39, 0.29) is 6.10 Å². The average molecular weight is 262 g/mol. The molecule has 1 N–H and O–H groups in total. The van der Waals surface area contributed by atoms with Crippen LogP contribution < -0.4 is 0 Å². The molecular formula is C11H20BrNO. The zero-order valence-electron chi connectivity index (χ0n) is 8.71. The lowest BCUT2D eigenvalue weighted by Crippen LogP contribution is -2.32. The Morgan fingerprint density at radius 2 is 2.07 bits per heavy atom. The second-order valence-electron chi connectivity index (χ2n) is 4.99. The molecule has 1 heterocycles. The molecule has 2 fully saturated rings. The maximum atomic E-state index is 9.54. The molecule has 0 amide bonds. The van der Waals surface area contributed by atoms with Gasteiger partial charge in [0.15, 0.2) is 0 Å². The Kier molecular flexibility index (Phi) is 3.50. The van der Waals surface area contributed by atoms with Gasteiger partial charge in [-0.25, -0.2) is 0 Å². The van der Waals surface area contributed by atoms with Crippen LogP contribution in [0.2, 0.25) is 0 Å². The van der Waals surface area contributed by atoms with Crippen molar-refractivity contribution in [1.29, 1.82) is 0 Å². The lowest BCUT2D eigenvalue weighted by Gasteiger charge is -2.24. The summed E-state index contributed by atoms with van der Waals surface area (Å²) in [4.78, 5) is 2.55. The molecule has 2 rings (SSSR count). The summed E-state index contributed by atoms with van der Waals surface area (Å²) in [6.45, 7) is 3.52. The van der Waals surface area contributed by atoms with Gasteiger partial charge in [0.2, 0.25) is 0 Å². The summed E-state index contributed by atoms with van der Waals surface area (Å²) in [5, 5.41) is 10.7. The molecule has 0 aromatic carbocycles. The second kappa shape index (κ2) is 4.50. The summed E-state index contributed by atoms with van der Waals surface area (Å²) in [5.41, 5.74) is 0.593. The van der Waals surface area contributed by atoms with Crippen molar-refractivity contribution < 1.29 is 5.11 Å². The highest BCUT2D eigenvalue weighted by Gasteiger charge is 2.42. The number of rotatable bonds is 3. The average Bonchev–Trinajstić information content (AvgIpc) is 2.95. The van der Waals surface area contributed by atoms with E-state index < -0.39 is 0 Å². The van der Waals surface area contributed by atoms with Gasteiger partial charge >= 0.3 is 0 Å². The minimum absolute atomic E-state index is 0.0425. The van der Waals surface area contributed by atoms with Crippen LogP contribution in [0.5, 0.6) is 0 Å². The van der Waals surface area contributed by atoms with Gasteiger partial charge in [-0.05, 0) is 44.1 Å². The van der Waals surface area contributed by atoms with Crippen LogP contribution in [0.3, 0.4) is 0 Å². The van der Waals surface area contributed by atoms with Crippen molar-refractivity contribution in [3.8, 4) is 0 Å². The van der Waals surface area contributed by atoms with Crippen LogP contribution in [-0.2, 0) is 0 Å². The van der Waals surface area contributed by atoms with E-state index in [2.05, 4.69) is 20.8 Å². The smallest absolute Gasteiger partial charge is 0.0553 e. The first-order valence-corrected chi connectivity index (χ1v) is 6.83. The second-order valence-corrected chi connectivity index (χ2v) is 5.56. The fourth-order valence-electron chi connectivity index (χ4n) is 2.28. The van der Waals surface area contributed by atoms with Gasteiger partial charge in [0.05, 0.1) is 6.10 Å². The van der Waals surface area contributed by atoms with Crippen molar-refractivity contribution in [2.45, 2.75) is 38.2 Å².